The lowest BCUT2D eigenvalue weighted by atomic mass is 10.1. The molecule has 9 heteroatoms. The van der Waals surface area contributed by atoms with Crippen LogP contribution < -0.4 is 26.1 Å². The van der Waals surface area contributed by atoms with Crippen LogP contribution in [0, 0.1) is 6.92 Å². The van der Waals surface area contributed by atoms with E-state index in [2.05, 4.69) is 20.5 Å². The fourth-order valence-electron chi connectivity index (χ4n) is 2.15. The predicted octanol–water partition coefficient (Wildman–Crippen LogP) is 0.0816. The zero-order valence-electron chi connectivity index (χ0n) is 14.0. The van der Waals surface area contributed by atoms with E-state index in [1.165, 1.54) is 20.4 Å². The van der Waals surface area contributed by atoms with E-state index in [9.17, 15) is 14.4 Å². The molecule has 2 aromatic rings. The van der Waals surface area contributed by atoms with Crippen molar-refractivity contribution < 1.29 is 14.3 Å². The van der Waals surface area contributed by atoms with Gasteiger partial charge in [0, 0.05) is 11.3 Å². The van der Waals surface area contributed by atoms with Gasteiger partial charge in [0.2, 0.25) is 5.91 Å². The molecule has 0 fully saturated rings. The lowest BCUT2D eigenvalue weighted by molar-refractivity contribution is -0.120. The molecule has 1 aromatic carbocycles. The summed E-state index contributed by atoms with van der Waals surface area (Å²) < 4.78 is 10.3. The monoisotopic (exact) mass is 346 g/mol. The van der Waals surface area contributed by atoms with Gasteiger partial charge >= 0.3 is 5.69 Å². The quantitative estimate of drug-likeness (QED) is 0.504. The number of rotatable bonds is 6. The standard InChI is InChI=1S/C16H18N4O5/c1-9-11(15(22)19-16(23)18-9)7-14(21)20-17-8-10-4-5-12(24-2)13(6-10)25-3/h4-6,8H,7H2,1-3H3,(H,20,21)(H2,18,19,22,23)/b17-8-. The number of aryl methyl sites for hydroxylation is 1. The molecular formula is C16H18N4O5. The van der Waals surface area contributed by atoms with Crippen LogP contribution in [0.5, 0.6) is 11.5 Å². The fourth-order valence-corrected chi connectivity index (χ4v) is 2.15. The molecule has 0 saturated heterocycles. The minimum absolute atomic E-state index is 0.179. The van der Waals surface area contributed by atoms with Gasteiger partial charge in [-0.3, -0.25) is 14.6 Å². The number of H-pyrrole nitrogens is 2. The lowest BCUT2D eigenvalue weighted by Gasteiger charge is -2.07. The second-order valence-corrected chi connectivity index (χ2v) is 5.10. The first-order valence-corrected chi connectivity index (χ1v) is 7.30. The van der Waals surface area contributed by atoms with Gasteiger partial charge in [0.25, 0.3) is 5.56 Å². The fraction of sp³-hybridized carbons (Fsp3) is 0.250. The summed E-state index contributed by atoms with van der Waals surface area (Å²) in [4.78, 5) is 39.2. The molecule has 0 bridgehead atoms. The molecule has 1 heterocycles. The van der Waals surface area contributed by atoms with Gasteiger partial charge < -0.3 is 14.5 Å². The number of hydrogen-bond donors (Lipinski definition) is 3. The first-order chi connectivity index (χ1) is 11.9. The summed E-state index contributed by atoms with van der Waals surface area (Å²) in [7, 11) is 3.05. The number of hydrazone groups is 1. The van der Waals surface area contributed by atoms with E-state index in [1.807, 2.05) is 0 Å². The maximum atomic E-state index is 11.9. The van der Waals surface area contributed by atoms with E-state index in [1.54, 1.807) is 25.1 Å². The smallest absolute Gasteiger partial charge is 0.325 e. The molecule has 0 aliphatic rings. The number of aromatic nitrogens is 2. The van der Waals surface area contributed by atoms with Crippen molar-refractivity contribution in [3.63, 3.8) is 0 Å². The summed E-state index contributed by atoms with van der Waals surface area (Å²) in [5.41, 5.74) is 2.33. The molecule has 25 heavy (non-hydrogen) atoms. The van der Waals surface area contributed by atoms with Gasteiger partial charge in [0.15, 0.2) is 11.5 Å². The van der Waals surface area contributed by atoms with Crippen molar-refractivity contribution in [3.8, 4) is 11.5 Å². The molecule has 0 aliphatic heterocycles. The second kappa shape index (κ2) is 7.95. The van der Waals surface area contributed by atoms with Crippen molar-refractivity contribution in [2.24, 2.45) is 5.10 Å². The molecule has 132 valence electrons. The minimum atomic E-state index is -0.613. The van der Waals surface area contributed by atoms with Gasteiger partial charge in [0.1, 0.15) is 0 Å². The first-order valence-electron chi connectivity index (χ1n) is 7.30. The number of amides is 1. The average Bonchev–Trinajstić information content (AvgIpc) is 2.58. The number of nitrogens with zero attached hydrogens (tertiary/aromatic N) is 1. The summed E-state index contributed by atoms with van der Waals surface area (Å²) >= 11 is 0. The molecule has 1 amide bonds. The number of ether oxygens (including phenoxy) is 2. The highest BCUT2D eigenvalue weighted by molar-refractivity contribution is 5.84. The van der Waals surface area contributed by atoms with E-state index in [0.717, 1.165) is 0 Å². The van der Waals surface area contributed by atoms with Crippen LogP contribution in [-0.4, -0.2) is 36.3 Å². The van der Waals surface area contributed by atoms with Gasteiger partial charge in [-0.05, 0) is 30.7 Å². The van der Waals surface area contributed by atoms with Crippen LogP contribution in [0.4, 0.5) is 0 Å². The first kappa shape index (κ1) is 18.0. The number of carbonyl (C=O) groups is 1. The Morgan fingerprint density at radius 2 is 1.92 bits per heavy atom. The van der Waals surface area contributed by atoms with E-state index in [4.69, 9.17) is 9.47 Å². The summed E-state index contributed by atoms with van der Waals surface area (Å²) in [6.45, 7) is 1.55. The van der Waals surface area contributed by atoms with Crippen LogP contribution in [0.25, 0.3) is 0 Å². The van der Waals surface area contributed by atoms with E-state index < -0.39 is 17.2 Å². The molecule has 2 rings (SSSR count). The third-order valence-corrected chi connectivity index (χ3v) is 3.40. The van der Waals surface area contributed by atoms with Crippen molar-refractivity contribution in [2.45, 2.75) is 13.3 Å². The number of benzene rings is 1. The molecule has 0 radical (unpaired) electrons. The van der Waals surface area contributed by atoms with Crippen LogP contribution in [-0.2, 0) is 11.2 Å². The Labute approximate surface area is 142 Å². The van der Waals surface area contributed by atoms with Gasteiger partial charge in [0.05, 0.1) is 26.9 Å². The lowest BCUT2D eigenvalue weighted by Crippen LogP contribution is -2.30. The van der Waals surface area contributed by atoms with Crippen LogP contribution >= 0.6 is 0 Å². The highest BCUT2D eigenvalue weighted by Gasteiger charge is 2.10. The number of aromatic amines is 2. The van der Waals surface area contributed by atoms with Crippen molar-refractivity contribution in [1.82, 2.24) is 15.4 Å². The van der Waals surface area contributed by atoms with E-state index >= 15 is 0 Å². The molecule has 0 aliphatic carbocycles. The number of nitrogens with one attached hydrogen (secondary N) is 3. The highest BCUT2D eigenvalue weighted by Crippen LogP contribution is 2.26. The van der Waals surface area contributed by atoms with Crippen LogP contribution in [0.3, 0.4) is 0 Å². The molecule has 0 saturated carbocycles. The van der Waals surface area contributed by atoms with Gasteiger partial charge in [-0.2, -0.15) is 5.10 Å². The van der Waals surface area contributed by atoms with Gasteiger partial charge in [-0.25, -0.2) is 10.2 Å². The number of carbonyl (C=O) groups excluding carboxylic acids is 1. The molecule has 9 nitrogen and oxygen atoms in total. The van der Waals surface area contributed by atoms with Crippen LogP contribution in [0.1, 0.15) is 16.8 Å². The molecule has 3 N–H and O–H groups in total. The largest absolute Gasteiger partial charge is 0.493 e. The predicted molar refractivity (Wildman–Crippen MR) is 91.4 cm³/mol. The Morgan fingerprint density at radius 3 is 2.56 bits per heavy atom. The minimum Gasteiger partial charge on any atom is -0.493 e. The zero-order chi connectivity index (χ0) is 18.4. The molecule has 0 spiro atoms. The van der Waals surface area contributed by atoms with Gasteiger partial charge in [-0.15, -0.1) is 0 Å². The van der Waals surface area contributed by atoms with E-state index in [-0.39, 0.29) is 12.0 Å². The Balaban J connectivity index is 2.04. The third kappa shape index (κ3) is 4.56. The molecule has 1 aromatic heterocycles. The third-order valence-electron chi connectivity index (χ3n) is 3.40. The van der Waals surface area contributed by atoms with Crippen molar-refractivity contribution in [3.05, 3.63) is 55.9 Å². The summed E-state index contributed by atoms with van der Waals surface area (Å²) in [5, 5.41) is 3.84. The summed E-state index contributed by atoms with van der Waals surface area (Å²) in [6, 6.07) is 5.16. The van der Waals surface area contributed by atoms with Crippen molar-refractivity contribution in [2.75, 3.05) is 14.2 Å². The number of hydrogen-bond acceptors (Lipinski definition) is 6. The molecule has 0 atom stereocenters. The summed E-state index contributed by atoms with van der Waals surface area (Å²) in [6.07, 6.45) is 1.23. The SMILES string of the molecule is COc1ccc(/C=N\NC(=O)Cc2c(C)[nH]c(=O)[nH]c2=O)cc1OC. The van der Waals surface area contributed by atoms with Gasteiger partial charge in [-0.1, -0.05) is 0 Å². The normalized spacial score (nSPS) is 10.7. The molecular weight excluding hydrogens is 328 g/mol. The Bertz CT molecular complexity index is 913. The highest BCUT2D eigenvalue weighted by atomic mass is 16.5. The Hall–Kier alpha value is -3.36. The van der Waals surface area contributed by atoms with Crippen molar-refractivity contribution in [1.29, 1.82) is 0 Å². The van der Waals surface area contributed by atoms with Crippen molar-refractivity contribution >= 4 is 12.1 Å². The number of methoxy groups -OCH3 is 2. The second-order valence-electron chi connectivity index (χ2n) is 5.10. The van der Waals surface area contributed by atoms with Crippen LogP contribution in [0.15, 0.2) is 32.9 Å². The average molecular weight is 346 g/mol. The maximum absolute atomic E-state index is 11.9. The molecule has 0 unspecified atom stereocenters. The maximum Gasteiger partial charge on any atom is 0.325 e. The van der Waals surface area contributed by atoms with E-state index in [0.29, 0.717) is 22.8 Å². The Morgan fingerprint density at radius 1 is 1.20 bits per heavy atom. The Kier molecular flexibility index (Phi) is 5.72. The van der Waals surface area contributed by atoms with Crippen LogP contribution in [0.2, 0.25) is 0 Å². The summed E-state index contributed by atoms with van der Waals surface area (Å²) in [5.74, 6) is 0.627. The zero-order valence-corrected chi connectivity index (χ0v) is 14.0. The topological polar surface area (TPSA) is 126 Å².